The van der Waals surface area contributed by atoms with Gasteiger partial charge in [-0.3, -0.25) is 4.90 Å². The second kappa shape index (κ2) is 6.75. The Kier molecular flexibility index (Phi) is 5.38. The first-order valence-corrected chi connectivity index (χ1v) is 8.68. The summed E-state index contributed by atoms with van der Waals surface area (Å²) in [4.78, 5) is 16.9. The minimum absolute atomic E-state index is 0.183. The average molecular weight is 311 g/mol. The Bertz CT molecular complexity index is 374. The number of nitrogens with zero attached hydrogens (tertiary/aromatic N) is 2. The van der Waals surface area contributed by atoms with Gasteiger partial charge >= 0.3 is 6.09 Å². The van der Waals surface area contributed by atoms with Gasteiger partial charge in [-0.25, -0.2) is 4.79 Å². The fourth-order valence-electron chi connectivity index (χ4n) is 3.80. The molecule has 1 aliphatic carbocycles. The van der Waals surface area contributed by atoms with Gasteiger partial charge in [0, 0.05) is 37.3 Å². The van der Waals surface area contributed by atoms with E-state index in [9.17, 15) is 4.79 Å². The van der Waals surface area contributed by atoms with Gasteiger partial charge in [0.2, 0.25) is 0 Å². The lowest BCUT2D eigenvalue weighted by Gasteiger charge is -2.48. The molecule has 22 heavy (non-hydrogen) atoms. The maximum atomic E-state index is 12.4. The molecule has 1 heterocycles. The average Bonchev–Trinajstić information content (AvgIpc) is 2.36. The maximum Gasteiger partial charge on any atom is 0.410 e. The standard InChI is InChI=1S/C17H33N3O2/c1-12-10-19(15-8-6-14(18)7-9-15)11-13(2)20(12)16(21)22-17(3,4)5/h12-15H,6-11,18H2,1-5H3. The van der Waals surface area contributed by atoms with Crippen molar-refractivity contribution >= 4 is 6.09 Å². The lowest BCUT2D eigenvalue weighted by atomic mass is 9.89. The van der Waals surface area contributed by atoms with Crippen LogP contribution in [0.25, 0.3) is 0 Å². The summed E-state index contributed by atoms with van der Waals surface area (Å²) in [6, 6.07) is 1.39. The smallest absolute Gasteiger partial charge is 0.410 e. The number of rotatable bonds is 1. The first kappa shape index (κ1) is 17.5. The largest absolute Gasteiger partial charge is 0.444 e. The number of ether oxygens (including phenoxy) is 1. The Morgan fingerprint density at radius 2 is 1.55 bits per heavy atom. The molecule has 5 nitrogen and oxygen atoms in total. The van der Waals surface area contributed by atoms with Crippen LogP contribution in [-0.4, -0.2) is 58.8 Å². The SMILES string of the molecule is CC1CN(C2CCC(N)CC2)CC(C)N1C(=O)OC(C)(C)C. The molecule has 0 spiro atoms. The predicted octanol–water partition coefficient (Wildman–Crippen LogP) is 2.59. The maximum absolute atomic E-state index is 12.4. The molecule has 0 radical (unpaired) electrons. The molecule has 2 fully saturated rings. The number of hydrogen-bond acceptors (Lipinski definition) is 4. The van der Waals surface area contributed by atoms with Crippen LogP contribution in [0.5, 0.6) is 0 Å². The number of carbonyl (C=O) groups excluding carboxylic acids is 1. The van der Waals surface area contributed by atoms with Crippen molar-refractivity contribution in [2.75, 3.05) is 13.1 Å². The lowest BCUT2D eigenvalue weighted by molar-refractivity contribution is -0.0259. The van der Waals surface area contributed by atoms with E-state index >= 15 is 0 Å². The summed E-state index contributed by atoms with van der Waals surface area (Å²) in [6.45, 7) is 11.9. The van der Waals surface area contributed by atoms with Gasteiger partial charge in [-0.1, -0.05) is 0 Å². The monoisotopic (exact) mass is 311 g/mol. The van der Waals surface area contributed by atoms with Crippen LogP contribution in [0.2, 0.25) is 0 Å². The molecule has 1 amide bonds. The number of nitrogens with two attached hydrogens (primary N) is 1. The Hall–Kier alpha value is -0.810. The van der Waals surface area contributed by atoms with Gasteiger partial charge in [-0.05, 0) is 60.3 Å². The van der Waals surface area contributed by atoms with Gasteiger partial charge < -0.3 is 15.4 Å². The van der Waals surface area contributed by atoms with Crippen LogP contribution in [0, 0.1) is 0 Å². The summed E-state index contributed by atoms with van der Waals surface area (Å²) < 4.78 is 5.56. The lowest BCUT2D eigenvalue weighted by Crippen LogP contribution is -2.61. The Balaban J connectivity index is 1.95. The third-order valence-corrected chi connectivity index (χ3v) is 4.81. The zero-order chi connectivity index (χ0) is 16.5. The van der Waals surface area contributed by atoms with E-state index in [0.29, 0.717) is 12.1 Å². The fraction of sp³-hybridized carbons (Fsp3) is 0.941. The van der Waals surface area contributed by atoms with Gasteiger partial charge in [0.15, 0.2) is 0 Å². The number of piperazine rings is 1. The third kappa shape index (κ3) is 4.35. The minimum Gasteiger partial charge on any atom is -0.444 e. The van der Waals surface area contributed by atoms with Crippen LogP contribution in [0.4, 0.5) is 4.79 Å². The second-order valence-electron chi connectivity index (χ2n) is 8.11. The zero-order valence-corrected chi connectivity index (χ0v) is 14.8. The predicted molar refractivity (Wildman–Crippen MR) is 88.8 cm³/mol. The van der Waals surface area contributed by atoms with Crippen molar-refractivity contribution in [1.82, 2.24) is 9.80 Å². The van der Waals surface area contributed by atoms with Crippen molar-refractivity contribution in [2.45, 2.75) is 90.1 Å². The molecule has 1 saturated heterocycles. The van der Waals surface area contributed by atoms with Gasteiger partial charge in [-0.2, -0.15) is 0 Å². The Morgan fingerprint density at radius 3 is 2.00 bits per heavy atom. The molecule has 2 unspecified atom stereocenters. The van der Waals surface area contributed by atoms with Crippen LogP contribution >= 0.6 is 0 Å². The quantitative estimate of drug-likeness (QED) is 0.808. The highest BCUT2D eigenvalue weighted by Crippen LogP contribution is 2.27. The van der Waals surface area contributed by atoms with Gasteiger partial charge in [0.1, 0.15) is 5.60 Å². The first-order chi connectivity index (χ1) is 10.2. The molecule has 2 aliphatic rings. The summed E-state index contributed by atoms with van der Waals surface area (Å²) in [7, 11) is 0. The van der Waals surface area contributed by atoms with Gasteiger partial charge in [0.05, 0.1) is 0 Å². The normalized spacial score (nSPS) is 34.5. The highest BCUT2D eigenvalue weighted by molar-refractivity contribution is 5.69. The molecule has 2 N–H and O–H groups in total. The number of hydrogen-bond donors (Lipinski definition) is 1. The van der Waals surface area contributed by atoms with Crippen molar-refractivity contribution in [3.8, 4) is 0 Å². The molecule has 5 heteroatoms. The van der Waals surface area contributed by atoms with Crippen molar-refractivity contribution in [3.05, 3.63) is 0 Å². The van der Waals surface area contributed by atoms with E-state index in [1.54, 1.807) is 0 Å². The fourth-order valence-corrected chi connectivity index (χ4v) is 3.80. The van der Waals surface area contributed by atoms with Crippen LogP contribution in [-0.2, 0) is 4.74 Å². The van der Waals surface area contributed by atoms with E-state index in [2.05, 4.69) is 18.7 Å². The molecule has 128 valence electrons. The molecular weight excluding hydrogens is 278 g/mol. The van der Waals surface area contributed by atoms with E-state index in [1.807, 2.05) is 25.7 Å². The van der Waals surface area contributed by atoms with E-state index in [4.69, 9.17) is 10.5 Å². The molecule has 2 atom stereocenters. The van der Waals surface area contributed by atoms with Gasteiger partial charge in [0.25, 0.3) is 0 Å². The van der Waals surface area contributed by atoms with Crippen LogP contribution < -0.4 is 5.73 Å². The summed E-state index contributed by atoms with van der Waals surface area (Å²) in [5, 5.41) is 0. The topological polar surface area (TPSA) is 58.8 Å². The second-order valence-corrected chi connectivity index (χ2v) is 8.11. The van der Waals surface area contributed by atoms with Crippen molar-refractivity contribution in [2.24, 2.45) is 5.73 Å². The number of amides is 1. The van der Waals surface area contributed by atoms with E-state index < -0.39 is 5.60 Å². The van der Waals surface area contributed by atoms with Crippen LogP contribution in [0.3, 0.4) is 0 Å². The highest BCUT2D eigenvalue weighted by Gasteiger charge is 2.38. The van der Waals surface area contributed by atoms with Gasteiger partial charge in [-0.15, -0.1) is 0 Å². The van der Waals surface area contributed by atoms with E-state index in [1.165, 1.54) is 12.8 Å². The summed E-state index contributed by atoms with van der Waals surface area (Å²) in [5.74, 6) is 0. The third-order valence-electron chi connectivity index (χ3n) is 4.81. The molecule has 0 aromatic carbocycles. The molecule has 1 saturated carbocycles. The minimum atomic E-state index is -0.437. The first-order valence-electron chi connectivity index (χ1n) is 8.68. The van der Waals surface area contributed by atoms with Crippen molar-refractivity contribution in [3.63, 3.8) is 0 Å². The van der Waals surface area contributed by atoms with E-state index in [-0.39, 0.29) is 18.2 Å². The summed E-state index contributed by atoms with van der Waals surface area (Å²) in [5.41, 5.74) is 5.58. The van der Waals surface area contributed by atoms with Crippen LogP contribution in [0.1, 0.15) is 60.3 Å². The molecule has 0 aromatic rings. The Labute approximate surface area is 135 Å². The summed E-state index contributed by atoms with van der Waals surface area (Å²) >= 11 is 0. The molecule has 0 aromatic heterocycles. The molecule has 1 aliphatic heterocycles. The van der Waals surface area contributed by atoms with E-state index in [0.717, 1.165) is 25.9 Å². The summed E-state index contributed by atoms with van der Waals surface area (Å²) in [6.07, 6.45) is 4.44. The highest BCUT2D eigenvalue weighted by atomic mass is 16.6. The molecule has 2 rings (SSSR count). The number of carbonyl (C=O) groups is 1. The van der Waals surface area contributed by atoms with Crippen molar-refractivity contribution in [1.29, 1.82) is 0 Å². The zero-order valence-electron chi connectivity index (χ0n) is 14.8. The van der Waals surface area contributed by atoms with Crippen molar-refractivity contribution < 1.29 is 9.53 Å². The van der Waals surface area contributed by atoms with Crippen LogP contribution in [0.15, 0.2) is 0 Å². The molecular formula is C17H33N3O2. The Morgan fingerprint density at radius 1 is 1.05 bits per heavy atom. The molecule has 0 bridgehead atoms.